The number of fused-ring (bicyclic) bond motifs is 1. The number of aliphatic carboxylic acids is 1. The fraction of sp³-hybridized carbons (Fsp3) is 0.150. The van der Waals surface area contributed by atoms with Crippen molar-refractivity contribution in [2.24, 2.45) is 0 Å². The van der Waals surface area contributed by atoms with Crippen LogP contribution in [0.2, 0.25) is 0 Å². The standard InChI is InChI=1S/C20H18O4/c1-24-19-10-9-13(12-18(19)21)11-17(20(22)23)16-8-4-6-14-5-2-3-7-15(14)16/h2-10,12,17,21H,11H2,1H3,(H,22,23). The maximum absolute atomic E-state index is 11.9. The zero-order chi connectivity index (χ0) is 17.1. The summed E-state index contributed by atoms with van der Waals surface area (Å²) in [5, 5.41) is 21.6. The van der Waals surface area contributed by atoms with Gasteiger partial charge in [0.05, 0.1) is 13.0 Å². The van der Waals surface area contributed by atoms with Gasteiger partial charge in [0.2, 0.25) is 0 Å². The van der Waals surface area contributed by atoms with Crippen LogP contribution < -0.4 is 4.74 Å². The van der Waals surface area contributed by atoms with Crippen molar-refractivity contribution in [1.29, 1.82) is 0 Å². The molecule has 4 nitrogen and oxygen atoms in total. The maximum atomic E-state index is 11.9. The average molecular weight is 322 g/mol. The van der Waals surface area contributed by atoms with E-state index in [0.29, 0.717) is 12.2 Å². The molecule has 0 saturated heterocycles. The molecule has 0 radical (unpaired) electrons. The smallest absolute Gasteiger partial charge is 0.311 e. The molecule has 0 saturated carbocycles. The molecular weight excluding hydrogens is 304 g/mol. The second-order valence-electron chi connectivity index (χ2n) is 5.67. The first-order chi connectivity index (χ1) is 11.6. The van der Waals surface area contributed by atoms with Crippen LogP contribution in [0.3, 0.4) is 0 Å². The third kappa shape index (κ3) is 3.04. The number of hydrogen-bond donors (Lipinski definition) is 2. The van der Waals surface area contributed by atoms with Gasteiger partial charge in [-0.3, -0.25) is 4.79 Å². The third-order valence-corrected chi connectivity index (χ3v) is 4.18. The third-order valence-electron chi connectivity index (χ3n) is 4.18. The number of rotatable bonds is 5. The first-order valence-corrected chi connectivity index (χ1v) is 7.66. The highest BCUT2D eigenvalue weighted by atomic mass is 16.5. The number of aromatic hydroxyl groups is 1. The molecule has 0 amide bonds. The van der Waals surface area contributed by atoms with Crippen molar-refractivity contribution in [3.05, 3.63) is 71.8 Å². The molecule has 0 aliphatic carbocycles. The van der Waals surface area contributed by atoms with Crippen LogP contribution in [0.4, 0.5) is 0 Å². The highest BCUT2D eigenvalue weighted by molar-refractivity contribution is 5.90. The number of ether oxygens (including phenoxy) is 1. The van der Waals surface area contributed by atoms with Crippen LogP contribution in [0.25, 0.3) is 10.8 Å². The molecule has 0 spiro atoms. The summed E-state index contributed by atoms with van der Waals surface area (Å²) in [5.74, 6) is -1.20. The Morgan fingerprint density at radius 2 is 1.83 bits per heavy atom. The van der Waals surface area contributed by atoms with Gasteiger partial charge in [0, 0.05) is 0 Å². The summed E-state index contributed by atoms with van der Waals surface area (Å²) in [4.78, 5) is 11.9. The minimum absolute atomic E-state index is 0.0112. The second-order valence-corrected chi connectivity index (χ2v) is 5.67. The number of carboxylic acids is 1. The van der Waals surface area contributed by atoms with E-state index in [0.717, 1.165) is 21.9 Å². The lowest BCUT2D eigenvalue weighted by atomic mass is 9.88. The van der Waals surface area contributed by atoms with Crippen LogP contribution in [0.15, 0.2) is 60.7 Å². The van der Waals surface area contributed by atoms with Crippen molar-refractivity contribution in [3.8, 4) is 11.5 Å². The number of methoxy groups -OCH3 is 1. The van der Waals surface area contributed by atoms with Crippen LogP contribution in [0.5, 0.6) is 11.5 Å². The second kappa shape index (κ2) is 6.62. The van der Waals surface area contributed by atoms with Crippen LogP contribution in [-0.2, 0) is 11.2 Å². The molecule has 3 aromatic carbocycles. The monoisotopic (exact) mass is 322 g/mol. The number of benzene rings is 3. The van der Waals surface area contributed by atoms with Crippen LogP contribution >= 0.6 is 0 Å². The number of phenols is 1. The Bertz CT molecular complexity index is 880. The van der Waals surface area contributed by atoms with Gasteiger partial charge in [0.25, 0.3) is 0 Å². The maximum Gasteiger partial charge on any atom is 0.311 e. The lowest BCUT2D eigenvalue weighted by Crippen LogP contribution is -2.15. The van der Waals surface area contributed by atoms with Gasteiger partial charge in [-0.05, 0) is 40.5 Å². The first-order valence-electron chi connectivity index (χ1n) is 7.66. The van der Waals surface area contributed by atoms with Gasteiger partial charge in [0.15, 0.2) is 11.5 Å². The van der Waals surface area contributed by atoms with Crippen molar-refractivity contribution in [1.82, 2.24) is 0 Å². The van der Waals surface area contributed by atoms with Crippen LogP contribution in [0.1, 0.15) is 17.0 Å². The van der Waals surface area contributed by atoms with Gasteiger partial charge in [-0.1, -0.05) is 48.5 Å². The molecule has 2 N–H and O–H groups in total. The first kappa shape index (κ1) is 15.9. The molecule has 3 rings (SSSR count). The van der Waals surface area contributed by atoms with E-state index in [2.05, 4.69) is 0 Å². The Hall–Kier alpha value is -3.01. The van der Waals surface area contributed by atoms with E-state index < -0.39 is 11.9 Å². The van der Waals surface area contributed by atoms with Gasteiger partial charge in [-0.25, -0.2) is 0 Å². The summed E-state index contributed by atoms with van der Waals surface area (Å²) in [7, 11) is 1.48. The van der Waals surface area contributed by atoms with E-state index in [1.807, 2.05) is 42.5 Å². The fourth-order valence-corrected chi connectivity index (χ4v) is 2.98. The summed E-state index contributed by atoms with van der Waals surface area (Å²) in [5.41, 5.74) is 1.52. The predicted octanol–water partition coefficient (Wildman–Crippen LogP) is 3.96. The van der Waals surface area contributed by atoms with E-state index in [4.69, 9.17) is 4.74 Å². The van der Waals surface area contributed by atoms with E-state index in [-0.39, 0.29) is 5.75 Å². The molecule has 0 aliphatic heterocycles. The number of carbonyl (C=O) groups is 1. The van der Waals surface area contributed by atoms with Gasteiger partial charge >= 0.3 is 5.97 Å². The largest absolute Gasteiger partial charge is 0.504 e. The average Bonchev–Trinajstić information content (AvgIpc) is 2.59. The van der Waals surface area contributed by atoms with E-state index in [1.165, 1.54) is 7.11 Å². The highest BCUT2D eigenvalue weighted by Crippen LogP contribution is 2.32. The highest BCUT2D eigenvalue weighted by Gasteiger charge is 2.22. The van der Waals surface area contributed by atoms with Crippen molar-refractivity contribution >= 4 is 16.7 Å². The van der Waals surface area contributed by atoms with Crippen LogP contribution in [0, 0.1) is 0 Å². The topological polar surface area (TPSA) is 66.8 Å². The summed E-state index contributed by atoms with van der Waals surface area (Å²) < 4.78 is 5.03. The summed E-state index contributed by atoms with van der Waals surface area (Å²) in [6.07, 6.45) is 0.293. The molecule has 0 heterocycles. The predicted molar refractivity (Wildman–Crippen MR) is 92.7 cm³/mol. The molecule has 0 aromatic heterocycles. The summed E-state index contributed by atoms with van der Waals surface area (Å²) in [6, 6.07) is 18.4. The molecule has 0 aliphatic rings. The number of carboxylic acid groups (broad SMARTS) is 1. The molecular formula is C20H18O4. The zero-order valence-electron chi connectivity index (χ0n) is 13.3. The Balaban J connectivity index is 2.01. The number of hydrogen-bond acceptors (Lipinski definition) is 3. The van der Waals surface area contributed by atoms with Crippen molar-refractivity contribution in [3.63, 3.8) is 0 Å². The van der Waals surface area contributed by atoms with Crippen molar-refractivity contribution < 1.29 is 19.7 Å². The zero-order valence-corrected chi connectivity index (χ0v) is 13.3. The Labute approximate surface area is 139 Å². The molecule has 3 aromatic rings. The van der Waals surface area contributed by atoms with E-state index in [1.54, 1.807) is 18.2 Å². The summed E-state index contributed by atoms with van der Waals surface area (Å²) >= 11 is 0. The van der Waals surface area contributed by atoms with E-state index in [9.17, 15) is 15.0 Å². The Kier molecular flexibility index (Phi) is 4.38. The molecule has 1 unspecified atom stereocenters. The quantitative estimate of drug-likeness (QED) is 0.746. The normalized spacial score (nSPS) is 12.0. The Morgan fingerprint density at radius 3 is 2.54 bits per heavy atom. The van der Waals surface area contributed by atoms with Crippen molar-refractivity contribution in [2.45, 2.75) is 12.3 Å². The fourth-order valence-electron chi connectivity index (χ4n) is 2.98. The van der Waals surface area contributed by atoms with Gasteiger partial charge in [-0.15, -0.1) is 0 Å². The van der Waals surface area contributed by atoms with Gasteiger partial charge in [-0.2, -0.15) is 0 Å². The molecule has 0 fully saturated rings. The lowest BCUT2D eigenvalue weighted by Gasteiger charge is -2.16. The molecule has 122 valence electrons. The molecule has 1 atom stereocenters. The van der Waals surface area contributed by atoms with Crippen LogP contribution in [-0.4, -0.2) is 23.3 Å². The summed E-state index contributed by atoms with van der Waals surface area (Å²) in [6.45, 7) is 0. The SMILES string of the molecule is COc1ccc(CC(C(=O)O)c2cccc3ccccc23)cc1O. The minimum Gasteiger partial charge on any atom is -0.504 e. The van der Waals surface area contributed by atoms with Gasteiger partial charge in [0.1, 0.15) is 0 Å². The molecule has 0 bridgehead atoms. The van der Waals surface area contributed by atoms with E-state index >= 15 is 0 Å². The lowest BCUT2D eigenvalue weighted by molar-refractivity contribution is -0.138. The minimum atomic E-state index is -0.887. The number of phenolic OH excluding ortho intramolecular Hbond substituents is 1. The molecule has 4 heteroatoms. The Morgan fingerprint density at radius 1 is 1.08 bits per heavy atom. The van der Waals surface area contributed by atoms with Crippen molar-refractivity contribution in [2.75, 3.05) is 7.11 Å². The van der Waals surface area contributed by atoms with Gasteiger partial charge < -0.3 is 14.9 Å². The molecule has 24 heavy (non-hydrogen) atoms.